The summed E-state index contributed by atoms with van der Waals surface area (Å²) >= 11 is 5.80. The predicted molar refractivity (Wildman–Crippen MR) is 94.6 cm³/mol. The van der Waals surface area contributed by atoms with Gasteiger partial charge in [0, 0.05) is 24.8 Å². The molecule has 0 saturated carbocycles. The number of ether oxygens (including phenoxy) is 2. The maximum absolute atomic E-state index is 12.6. The number of carbonyl (C=O) groups excluding carboxylic acids is 1. The average Bonchev–Trinajstić information content (AvgIpc) is 2.64. The van der Waals surface area contributed by atoms with Crippen molar-refractivity contribution < 1.29 is 27.4 Å². The lowest BCUT2D eigenvalue weighted by Crippen LogP contribution is -2.29. The minimum atomic E-state index is -4.51. The van der Waals surface area contributed by atoms with E-state index in [0.29, 0.717) is 23.3 Å². The Kier molecular flexibility index (Phi) is 6.73. The molecule has 2 rings (SSSR count). The van der Waals surface area contributed by atoms with E-state index >= 15 is 0 Å². The Morgan fingerprint density at radius 2 is 1.85 bits per heavy atom. The molecule has 0 radical (unpaired) electrons. The molecular weight excluding hydrogens is 387 g/mol. The third-order valence-corrected chi connectivity index (χ3v) is 3.81. The zero-order chi connectivity index (χ0) is 20.0. The molecule has 0 saturated heterocycles. The van der Waals surface area contributed by atoms with Crippen LogP contribution in [0.5, 0.6) is 11.5 Å². The van der Waals surface area contributed by atoms with Crippen LogP contribution >= 0.6 is 11.6 Å². The van der Waals surface area contributed by atoms with E-state index in [1.807, 2.05) is 0 Å². The Balaban J connectivity index is 1.89. The molecule has 0 bridgehead atoms. The molecule has 0 atom stereocenters. The smallest absolute Gasteiger partial charge is 0.417 e. The number of aromatic nitrogens is 1. The number of pyridine rings is 1. The quantitative estimate of drug-likeness (QED) is 0.691. The zero-order valence-electron chi connectivity index (χ0n) is 14.5. The summed E-state index contributed by atoms with van der Waals surface area (Å²) in [5, 5.41) is 5.28. The van der Waals surface area contributed by atoms with Gasteiger partial charge in [0.25, 0.3) is 5.91 Å². The summed E-state index contributed by atoms with van der Waals surface area (Å²) in [6, 6.07) is 5.52. The van der Waals surface area contributed by atoms with Crippen molar-refractivity contribution in [3.8, 4) is 11.5 Å². The predicted octanol–water partition coefficient (Wildman–Crippen LogP) is 3.61. The first-order valence-electron chi connectivity index (χ1n) is 7.73. The van der Waals surface area contributed by atoms with E-state index in [2.05, 4.69) is 15.6 Å². The Hall–Kier alpha value is -2.68. The molecule has 146 valence electrons. The second-order valence-electron chi connectivity index (χ2n) is 5.30. The number of alkyl halides is 3. The fourth-order valence-electron chi connectivity index (χ4n) is 2.16. The molecule has 0 spiro atoms. The first kappa shape index (κ1) is 20.6. The Morgan fingerprint density at radius 3 is 2.44 bits per heavy atom. The Labute approximate surface area is 158 Å². The standard InChI is InChI=1S/C17H17ClF3N3O3/c1-26-13-4-3-10(7-14(13)27-2)16(25)23-6-5-22-15-12(18)8-11(9-24-15)17(19,20)21/h3-4,7-9H,5-6H2,1-2H3,(H,22,24)(H,23,25). The molecule has 6 nitrogen and oxygen atoms in total. The van der Waals surface area contributed by atoms with Crippen molar-refractivity contribution in [2.24, 2.45) is 0 Å². The van der Waals surface area contributed by atoms with Gasteiger partial charge in [-0.2, -0.15) is 13.2 Å². The first-order chi connectivity index (χ1) is 12.8. The fourth-order valence-corrected chi connectivity index (χ4v) is 2.39. The molecule has 0 aliphatic heterocycles. The van der Waals surface area contributed by atoms with Gasteiger partial charge in [0.05, 0.1) is 24.8 Å². The monoisotopic (exact) mass is 403 g/mol. The SMILES string of the molecule is COc1ccc(C(=O)NCCNc2ncc(C(F)(F)F)cc2Cl)cc1OC. The number of nitrogens with zero attached hydrogens (tertiary/aromatic N) is 1. The molecule has 1 aromatic heterocycles. The highest BCUT2D eigenvalue weighted by Gasteiger charge is 2.31. The summed E-state index contributed by atoms with van der Waals surface area (Å²) in [6.07, 6.45) is -3.82. The van der Waals surface area contributed by atoms with E-state index in [1.54, 1.807) is 12.1 Å². The number of hydrogen-bond acceptors (Lipinski definition) is 5. The van der Waals surface area contributed by atoms with E-state index < -0.39 is 11.7 Å². The van der Waals surface area contributed by atoms with Crippen LogP contribution in [0.25, 0.3) is 0 Å². The fraction of sp³-hybridized carbons (Fsp3) is 0.294. The Morgan fingerprint density at radius 1 is 1.15 bits per heavy atom. The maximum atomic E-state index is 12.6. The molecule has 27 heavy (non-hydrogen) atoms. The summed E-state index contributed by atoms with van der Waals surface area (Å²) in [6.45, 7) is 0.420. The van der Waals surface area contributed by atoms with Gasteiger partial charge in [-0.3, -0.25) is 4.79 Å². The van der Waals surface area contributed by atoms with Crippen LogP contribution in [0.3, 0.4) is 0 Å². The summed E-state index contributed by atoms with van der Waals surface area (Å²) in [4.78, 5) is 15.8. The summed E-state index contributed by atoms with van der Waals surface area (Å²) < 4.78 is 48.0. The topological polar surface area (TPSA) is 72.5 Å². The number of benzene rings is 1. The highest BCUT2D eigenvalue weighted by atomic mass is 35.5. The summed E-state index contributed by atoms with van der Waals surface area (Å²) in [5.74, 6) is 0.678. The molecule has 0 fully saturated rings. The van der Waals surface area contributed by atoms with Gasteiger partial charge in [-0.05, 0) is 24.3 Å². The second-order valence-corrected chi connectivity index (χ2v) is 5.71. The summed E-state index contributed by atoms with van der Waals surface area (Å²) in [7, 11) is 2.95. The van der Waals surface area contributed by atoms with Crippen LogP contribution in [0.4, 0.5) is 19.0 Å². The zero-order valence-corrected chi connectivity index (χ0v) is 15.2. The second kappa shape index (κ2) is 8.81. The van der Waals surface area contributed by atoms with Crippen molar-refractivity contribution in [1.82, 2.24) is 10.3 Å². The molecule has 1 heterocycles. The van der Waals surface area contributed by atoms with Gasteiger partial charge in [-0.1, -0.05) is 11.6 Å². The molecule has 2 aromatic rings. The van der Waals surface area contributed by atoms with Crippen LogP contribution in [-0.2, 0) is 6.18 Å². The van der Waals surface area contributed by atoms with Crippen molar-refractivity contribution in [2.45, 2.75) is 6.18 Å². The Bertz CT molecular complexity index is 816. The van der Waals surface area contributed by atoms with Crippen LogP contribution in [0.2, 0.25) is 5.02 Å². The number of rotatable bonds is 7. The van der Waals surface area contributed by atoms with Crippen molar-refractivity contribution in [3.63, 3.8) is 0 Å². The lowest BCUT2D eigenvalue weighted by Gasteiger charge is -2.12. The summed E-state index contributed by atoms with van der Waals surface area (Å²) in [5.41, 5.74) is -0.557. The van der Waals surface area contributed by atoms with Crippen molar-refractivity contribution in [3.05, 3.63) is 46.6 Å². The number of methoxy groups -OCH3 is 2. The van der Waals surface area contributed by atoms with Gasteiger partial charge in [0.1, 0.15) is 5.82 Å². The number of carbonyl (C=O) groups is 1. The normalized spacial score (nSPS) is 11.0. The van der Waals surface area contributed by atoms with Crippen molar-refractivity contribution in [2.75, 3.05) is 32.6 Å². The van der Waals surface area contributed by atoms with Crippen molar-refractivity contribution in [1.29, 1.82) is 0 Å². The van der Waals surface area contributed by atoms with Crippen LogP contribution < -0.4 is 20.1 Å². The van der Waals surface area contributed by atoms with Gasteiger partial charge < -0.3 is 20.1 Å². The molecule has 1 amide bonds. The number of nitrogens with one attached hydrogen (secondary N) is 2. The van der Waals surface area contributed by atoms with Gasteiger partial charge in [-0.15, -0.1) is 0 Å². The third kappa shape index (κ3) is 5.40. The number of hydrogen-bond donors (Lipinski definition) is 2. The molecule has 0 aliphatic rings. The van der Waals surface area contributed by atoms with Crippen LogP contribution in [0.15, 0.2) is 30.5 Å². The van der Waals surface area contributed by atoms with E-state index in [-0.39, 0.29) is 29.8 Å². The van der Waals surface area contributed by atoms with Crippen LogP contribution in [0.1, 0.15) is 15.9 Å². The van der Waals surface area contributed by atoms with Gasteiger partial charge in [0.2, 0.25) is 0 Å². The largest absolute Gasteiger partial charge is 0.493 e. The minimum Gasteiger partial charge on any atom is -0.493 e. The molecule has 0 unspecified atom stereocenters. The van der Waals surface area contributed by atoms with E-state index in [9.17, 15) is 18.0 Å². The van der Waals surface area contributed by atoms with Gasteiger partial charge >= 0.3 is 6.18 Å². The van der Waals surface area contributed by atoms with E-state index in [1.165, 1.54) is 20.3 Å². The van der Waals surface area contributed by atoms with E-state index in [4.69, 9.17) is 21.1 Å². The van der Waals surface area contributed by atoms with Crippen LogP contribution in [0, 0.1) is 0 Å². The van der Waals surface area contributed by atoms with E-state index in [0.717, 1.165) is 6.07 Å². The average molecular weight is 404 g/mol. The van der Waals surface area contributed by atoms with Crippen molar-refractivity contribution >= 4 is 23.3 Å². The van der Waals surface area contributed by atoms with Crippen LogP contribution in [-0.4, -0.2) is 38.2 Å². The first-order valence-corrected chi connectivity index (χ1v) is 8.11. The van der Waals surface area contributed by atoms with Gasteiger partial charge in [-0.25, -0.2) is 4.98 Å². The highest BCUT2D eigenvalue weighted by Crippen LogP contribution is 2.32. The molecule has 0 aliphatic carbocycles. The lowest BCUT2D eigenvalue weighted by molar-refractivity contribution is -0.137. The van der Waals surface area contributed by atoms with Gasteiger partial charge in [0.15, 0.2) is 11.5 Å². The molecular formula is C17H17ClF3N3O3. The molecule has 1 aromatic carbocycles. The maximum Gasteiger partial charge on any atom is 0.417 e. The minimum absolute atomic E-state index is 0.102. The number of halogens is 4. The molecule has 10 heteroatoms. The third-order valence-electron chi connectivity index (χ3n) is 3.52. The lowest BCUT2D eigenvalue weighted by atomic mass is 10.2. The molecule has 2 N–H and O–H groups in total. The highest BCUT2D eigenvalue weighted by molar-refractivity contribution is 6.32. The number of amides is 1. The number of anilines is 1.